The second kappa shape index (κ2) is 6.71. The molecule has 3 aromatic rings. The number of carbonyl (C=O) groups excluding carboxylic acids is 1. The van der Waals surface area contributed by atoms with E-state index in [1.165, 1.54) is 6.42 Å². The van der Waals surface area contributed by atoms with Gasteiger partial charge in [0.05, 0.1) is 30.6 Å². The molecule has 0 atom stereocenters. The van der Waals surface area contributed by atoms with Gasteiger partial charge in [-0.15, -0.1) is 0 Å². The van der Waals surface area contributed by atoms with Crippen molar-refractivity contribution in [3.05, 3.63) is 53.7 Å². The van der Waals surface area contributed by atoms with Gasteiger partial charge in [0.2, 0.25) is 0 Å². The zero-order valence-corrected chi connectivity index (χ0v) is 16.1. The van der Waals surface area contributed by atoms with Crippen LogP contribution in [0.3, 0.4) is 0 Å². The van der Waals surface area contributed by atoms with Crippen LogP contribution in [-0.2, 0) is 18.6 Å². The van der Waals surface area contributed by atoms with Crippen molar-refractivity contribution >= 4 is 22.7 Å². The van der Waals surface area contributed by atoms with Crippen LogP contribution in [0.2, 0.25) is 0 Å². The van der Waals surface area contributed by atoms with Crippen LogP contribution in [0, 0.1) is 0 Å². The van der Waals surface area contributed by atoms with E-state index >= 15 is 0 Å². The average molecular weight is 379 g/mol. The Hall–Kier alpha value is -2.73. The molecule has 6 heteroatoms. The summed E-state index contributed by atoms with van der Waals surface area (Å²) in [6.45, 7) is 1.42. The molecule has 1 aliphatic heterocycles. The maximum Gasteiger partial charge on any atom is 0.319 e. The van der Waals surface area contributed by atoms with Crippen LogP contribution in [0.15, 0.2) is 45.4 Å². The Kier molecular flexibility index (Phi) is 4.16. The van der Waals surface area contributed by atoms with Crippen molar-refractivity contribution in [3.8, 4) is 0 Å². The second-order valence-corrected chi connectivity index (χ2v) is 8.09. The molecule has 1 aliphatic carbocycles. The largest absolute Gasteiger partial charge is 0.468 e. The van der Waals surface area contributed by atoms with Crippen LogP contribution in [0.5, 0.6) is 0 Å². The Balaban J connectivity index is 1.50. The first-order valence-corrected chi connectivity index (χ1v) is 9.99. The number of benzene rings is 1. The number of hydrogen-bond acceptors (Lipinski definition) is 4. The third kappa shape index (κ3) is 2.98. The summed E-state index contributed by atoms with van der Waals surface area (Å²) in [5.74, 6) is 1.85. The van der Waals surface area contributed by atoms with Crippen molar-refractivity contribution in [3.63, 3.8) is 0 Å². The van der Waals surface area contributed by atoms with E-state index in [2.05, 4.69) is 28.6 Å². The molecule has 2 aliphatic rings. The normalized spacial score (nSPS) is 18.3. The van der Waals surface area contributed by atoms with Crippen LogP contribution < -0.4 is 10.6 Å². The first-order valence-electron chi connectivity index (χ1n) is 9.99. The number of fused-ring (bicyclic) bond motifs is 4. The first kappa shape index (κ1) is 17.4. The Morgan fingerprint density at radius 1 is 1.11 bits per heavy atom. The van der Waals surface area contributed by atoms with Crippen molar-refractivity contribution in [2.45, 2.75) is 50.7 Å². The third-order valence-corrected chi connectivity index (χ3v) is 5.96. The zero-order valence-electron chi connectivity index (χ0n) is 16.1. The summed E-state index contributed by atoms with van der Waals surface area (Å²) >= 11 is 0. The number of rotatable bonds is 4. The van der Waals surface area contributed by atoms with Gasteiger partial charge in [-0.3, -0.25) is 4.90 Å². The Morgan fingerprint density at radius 3 is 2.71 bits per heavy atom. The molecule has 1 spiro atoms. The van der Waals surface area contributed by atoms with Gasteiger partial charge in [0, 0.05) is 10.9 Å². The molecule has 2 amide bonds. The van der Waals surface area contributed by atoms with Gasteiger partial charge in [-0.05, 0) is 50.2 Å². The quantitative estimate of drug-likeness (QED) is 0.673. The number of nitrogens with one attached hydrogen (secondary N) is 2. The number of urea groups is 1. The molecule has 2 aromatic heterocycles. The highest BCUT2D eigenvalue weighted by Gasteiger charge is 2.42. The molecular weight excluding hydrogens is 354 g/mol. The molecule has 1 saturated carbocycles. The van der Waals surface area contributed by atoms with Crippen molar-refractivity contribution in [2.75, 3.05) is 12.4 Å². The van der Waals surface area contributed by atoms with Gasteiger partial charge in [-0.2, -0.15) is 0 Å². The highest BCUT2D eigenvalue weighted by atomic mass is 16.3. The van der Waals surface area contributed by atoms with E-state index in [4.69, 9.17) is 8.83 Å². The van der Waals surface area contributed by atoms with E-state index in [-0.39, 0.29) is 11.6 Å². The number of hydrogen-bond donors (Lipinski definition) is 2. The van der Waals surface area contributed by atoms with Crippen molar-refractivity contribution in [2.24, 2.45) is 0 Å². The van der Waals surface area contributed by atoms with E-state index in [1.54, 1.807) is 6.26 Å². The summed E-state index contributed by atoms with van der Waals surface area (Å²) in [5, 5.41) is 7.28. The van der Waals surface area contributed by atoms with Gasteiger partial charge >= 0.3 is 6.03 Å². The molecule has 2 N–H and O–H groups in total. The van der Waals surface area contributed by atoms with Crippen LogP contribution in [0.1, 0.15) is 49.2 Å². The summed E-state index contributed by atoms with van der Waals surface area (Å²) in [4.78, 5) is 14.4. The fourth-order valence-electron chi connectivity index (χ4n) is 4.77. The Labute approximate surface area is 163 Å². The molecule has 0 radical (unpaired) electrons. The van der Waals surface area contributed by atoms with Crippen LogP contribution >= 0.6 is 0 Å². The van der Waals surface area contributed by atoms with E-state index in [9.17, 15) is 4.79 Å². The maximum absolute atomic E-state index is 12.3. The smallest absolute Gasteiger partial charge is 0.319 e. The molecule has 5 rings (SSSR count). The number of anilines is 1. The lowest BCUT2D eigenvalue weighted by molar-refractivity contribution is 0.208. The molecule has 0 unspecified atom stereocenters. The van der Waals surface area contributed by atoms with E-state index in [1.807, 2.05) is 24.3 Å². The summed E-state index contributed by atoms with van der Waals surface area (Å²) in [6, 6.07) is 9.93. The fourth-order valence-corrected chi connectivity index (χ4v) is 4.77. The number of carbonyl (C=O) groups is 1. The molecule has 3 heterocycles. The van der Waals surface area contributed by atoms with Crippen molar-refractivity contribution in [1.82, 2.24) is 10.2 Å². The molecule has 28 heavy (non-hydrogen) atoms. The molecule has 1 aromatic carbocycles. The molecule has 0 bridgehead atoms. The van der Waals surface area contributed by atoms with Gasteiger partial charge in [0.1, 0.15) is 17.1 Å². The lowest BCUT2D eigenvalue weighted by Gasteiger charge is -2.42. The number of furan rings is 2. The Bertz CT molecular complexity index is 1000. The van der Waals surface area contributed by atoms with Crippen molar-refractivity contribution < 1.29 is 13.6 Å². The summed E-state index contributed by atoms with van der Waals surface area (Å²) < 4.78 is 11.8. The molecule has 1 fully saturated rings. The number of amides is 2. The lowest BCUT2D eigenvalue weighted by Crippen LogP contribution is -2.52. The van der Waals surface area contributed by atoms with E-state index < -0.39 is 0 Å². The SMILES string of the molecule is CN(Cc1ccco1)Cc1cc2ccc3c(c2o1)C1(CCCCC1)NC(=O)N3. The molecule has 146 valence electrons. The topological polar surface area (TPSA) is 70.7 Å². The average Bonchev–Trinajstić information content (AvgIpc) is 3.30. The van der Waals surface area contributed by atoms with Crippen LogP contribution in [0.4, 0.5) is 10.5 Å². The minimum absolute atomic E-state index is 0.112. The molecular formula is C22H25N3O3. The van der Waals surface area contributed by atoms with Gasteiger partial charge in [-0.25, -0.2) is 4.79 Å². The summed E-state index contributed by atoms with van der Waals surface area (Å²) in [7, 11) is 2.05. The molecule has 6 nitrogen and oxygen atoms in total. The monoisotopic (exact) mass is 379 g/mol. The predicted octanol–water partition coefficient (Wildman–Crippen LogP) is 4.95. The van der Waals surface area contributed by atoms with E-state index in [0.29, 0.717) is 6.54 Å². The van der Waals surface area contributed by atoms with E-state index in [0.717, 1.165) is 66.0 Å². The fraction of sp³-hybridized carbons (Fsp3) is 0.409. The highest BCUT2D eigenvalue weighted by molar-refractivity contribution is 5.99. The second-order valence-electron chi connectivity index (χ2n) is 8.09. The van der Waals surface area contributed by atoms with Gasteiger partial charge in [0.25, 0.3) is 0 Å². The van der Waals surface area contributed by atoms with Gasteiger partial charge in [-0.1, -0.05) is 19.3 Å². The first-order chi connectivity index (χ1) is 13.6. The van der Waals surface area contributed by atoms with Gasteiger partial charge in [0.15, 0.2) is 0 Å². The zero-order chi connectivity index (χ0) is 19.1. The maximum atomic E-state index is 12.3. The number of nitrogens with zero attached hydrogens (tertiary/aromatic N) is 1. The standard InChI is InChI=1S/C22H25N3O3/c1-25(13-16-6-5-11-27-16)14-17-12-15-7-8-18-19(20(15)28-17)22(24-21(26)23-18)9-3-2-4-10-22/h5-8,11-12H,2-4,9-10,13-14H2,1H3,(H2,23,24,26). The van der Waals surface area contributed by atoms with Gasteiger partial charge < -0.3 is 19.5 Å². The predicted molar refractivity (Wildman–Crippen MR) is 107 cm³/mol. The van der Waals surface area contributed by atoms with Crippen molar-refractivity contribution in [1.29, 1.82) is 0 Å². The van der Waals surface area contributed by atoms with Crippen LogP contribution in [0.25, 0.3) is 11.0 Å². The minimum Gasteiger partial charge on any atom is -0.468 e. The summed E-state index contributed by atoms with van der Waals surface area (Å²) in [6.07, 6.45) is 7.08. The highest BCUT2D eigenvalue weighted by Crippen LogP contribution is 2.46. The third-order valence-electron chi connectivity index (χ3n) is 5.96. The molecule has 0 saturated heterocycles. The summed E-state index contributed by atoms with van der Waals surface area (Å²) in [5.41, 5.74) is 2.57. The lowest BCUT2D eigenvalue weighted by atomic mass is 9.74. The van der Waals surface area contributed by atoms with Crippen LogP contribution in [-0.4, -0.2) is 18.0 Å². The Morgan fingerprint density at radius 2 is 1.93 bits per heavy atom. The minimum atomic E-state index is -0.315.